The molecular weight excluding hydrogens is 274 g/mol. The van der Waals surface area contributed by atoms with E-state index in [9.17, 15) is 20.0 Å². The van der Waals surface area contributed by atoms with E-state index in [0.717, 1.165) is 0 Å². The topological polar surface area (TPSA) is 96.6 Å². The summed E-state index contributed by atoms with van der Waals surface area (Å²) >= 11 is 5.69. The van der Waals surface area contributed by atoms with Gasteiger partial charge in [-0.05, 0) is 12.3 Å². The van der Waals surface area contributed by atoms with Crippen LogP contribution in [-0.4, -0.2) is 33.6 Å². The maximum atomic E-state index is 11.3. The van der Waals surface area contributed by atoms with Crippen LogP contribution in [-0.2, 0) is 4.79 Å². The first-order valence-electron chi connectivity index (χ1n) is 5.71. The van der Waals surface area contributed by atoms with Gasteiger partial charge in [0.05, 0.1) is 9.95 Å². The average molecular weight is 286 g/mol. The summed E-state index contributed by atoms with van der Waals surface area (Å²) in [5, 5.41) is 20.4. The smallest absolute Gasteiger partial charge is 0.326 e. The minimum absolute atomic E-state index is 0.0613. The number of hydrogen-bond donors (Lipinski definition) is 1. The Hall–Kier alpha value is -1.89. The van der Waals surface area contributed by atoms with Crippen molar-refractivity contribution in [1.29, 1.82) is 0 Å². The minimum atomic E-state index is -1.00. The Morgan fingerprint density at radius 3 is 2.95 bits per heavy atom. The molecule has 1 aromatic rings. The van der Waals surface area contributed by atoms with Crippen molar-refractivity contribution in [3.8, 4) is 0 Å². The number of rotatable bonds is 3. The molecule has 2 heterocycles. The van der Waals surface area contributed by atoms with Crippen molar-refractivity contribution in [2.75, 3.05) is 11.4 Å². The predicted molar refractivity (Wildman–Crippen MR) is 68.5 cm³/mol. The molecule has 0 aliphatic carbocycles. The molecule has 1 saturated heterocycles. The first-order valence-corrected chi connectivity index (χ1v) is 6.09. The molecule has 2 rings (SSSR count). The molecule has 1 aliphatic rings. The number of nitrogens with zero attached hydrogens (tertiary/aromatic N) is 3. The van der Waals surface area contributed by atoms with E-state index in [1.165, 1.54) is 17.2 Å². The van der Waals surface area contributed by atoms with Gasteiger partial charge in [-0.1, -0.05) is 18.5 Å². The molecular formula is C11H12ClN3O4. The van der Waals surface area contributed by atoms with Gasteiger partial charge < -0.3 is 10.0 Å². The van der Waals surface area contributed by atoms with Gasteiger partial charge in [0.15, 0.2) is 0 Å². The zero-order valence-electron chi connectivity index (χ0n) is 10.1. The third kappa shape index (κ3) is 2.46. The van der Waals surface area contributed by atoms with E-state index < -0.39 is 16.9 Å². The average Bonchev–Trinajstić information content (AvgIpc) is 2.70. The summed E-state index contributed by atoms with van der Waals surface area (Å²) in [7, 11) is 0. The second-order valence-electron chi connectivity index (χ2n) is 4.50. The first-order chi connectivity index (χ1) is 8.91. The zero-order chi connectivity index (χ0) is 14.2. The summed E-state index contributed by atoms with van der Waals surface area (Å²) in [4.78, 5) is 27.1. The Balaban J connectivity index is 2.47. The highest BCUT2D eigenvalue weighted by Crippen LogP contribution is 2.35. The maximum absolute atomic E-state index is 11.3. The standard InChI is InChI=1S/C11H12ClN3O4/c1-6-2-3-14(9(6)11(16)17)10-8(15(18)19)4-7(12)5-13-10/h4-6,9H,2-3H2,1H3,(H,16,17). The van der Waals surface area contributed by atoms with Crippen molar-refractivity contribution < 1.29 is 14.8 Å². The van der Waals surface area contributed by atoms with Crippen LogP contribution in [0.25, 0.3) is 0 Å². The van der Waals surface area contributed by atoms with Crippen LogP contribution >= 0.6 is 11.6 Å². The fourth-order valence-corrected chi connectivity index (χ4v) is 2.49. The number of aliphatic carboxylic acids is 1. The van der Waals surface area contributed by atoms with Crippen LogP contribution in [0.5, 0.6) is 0 Å². The number of aromatic nitrogens is 1. The Morgan fingerprint density at radius 2 is 2.37 bits per heavy atom. The molecule has 0 spiro atoms. The van der Waals surface area contributed by atoms with Gasteiger partial charge in [-0.3, -0.25) is 10.1 Å². The number of carboxylic acid groups (broad SMARTS) is 1. The van der Waals surface area contributed by atoms with Crippen LogP contribution in [0, 0.1) is 16.0 Å². The lowest BCUT2D eigenvalue weighted by Crippen LogP contribution is -2.39. The monoisotopic (exact) mass is 285 g/mol. The first kappa shape index (κ1) is 13.5. The zero-order valence-corrected chi connectivity index (χ0v) is 10.9. The Kier molecular flexibility index (Phi) is 3.57. The molecule has 8 heteroatoms. The maximum Gasteiger partial charge on any atom is 0.326 e. The molecule has 0 saturated carbocycles. The third-order valence-corrected chi connectivity index (χ3v) is 3.44. The highest BCUT2D eigenvalue weighted by molar-refractivity contribution is 6.30. The normalized spacial score (nSPS) is 22.5. The molecule has 1 fully saturated rings. The second kappa shape index (κ2) is 5.00. The van der Waals surface area contributed by atoms with Crippen LogP contribution in [0.2, 0.25) is 5.02 Å². The van der Waals surface area contributed by atoms with E-state index in [1.54, 1.807) is 6.92 Å². The van der Waals surface area contributed by atoms with E-state index in [2.05, 4.69) is 4.98 Å². The highest BCUT2D eigenvalue weighted by Gasteiger charge is 2.40. The van der Waals surface area contributed by atoms with Crippen LogP contribution in [0.4, 0.5) is 11.5 Å². The number of nitro groups is 1. The van der Waals surface area contributed by atoms with Gasteiger partial charge in [-0.15, -0.1) is 0 Å². The number of anilines is 1. The lowest BCUT2D eigenvalue weighted by molar-refractivity contribution is -0.384. The molecule has 102 valence electrons. The summed E-state index contributed by atoms with van der Waals surface area (Å²) in [5.74, 6) is -1.03. The van der Waals surface area contributed by atoms with Crippen molar-refractivity contribution in [3.63, 3.8) is 0 Å². The van der Waals surface area contributed by atoms with Crippen LogP contribution < -0.4 is 4.90 Å². The Bertz CT molecular complexity index is 537. The van der Waals surface area contributed by atoms with E-state index in [0.29, 0.717) is 13.0 Å². The molecule has 0 bridgehead atoms. The molecule has 1 aromatic heterocycles. The van der Waals surface area contributed by atoms with E-state index >= 15 is 0 Å². The van der Waals surface area contributed by atoms with Crippen molar-refractivity contribution in [1.82, 2.24) is 4.98 Å². The number of carboxylic acids is 1. The second-order valence-corrected chi connectivity index (χ2v) is 4.93. The number of carbonyl (C=O) groups is 1. The SMILES string of the molecule is CC1CCN(c2ncc(Cl)cc2[N+](=O)[O-])C1C(=O)O. The van der Waals surface area contributed by atoms with Crippen molar-refractivity contribution in [3.05, 3.63) is 27.4 Å². The van der Waals surface area contributed by atoms with E-state index in [-0.39, 0.29) is 22.4 Å². The van der Waals surface area contributed by atoms with E-state index in [4.69, 9.17) is 11.6 Å². The quantitative estimate of drug-likeness (QED) is 0.673. The van der Waals surface area contributed by atoms with Crippen molar-refractivity contribution >= 4 is 29.1 Å². The third-order valence-electron chi connectivity index (χ3n) is 3.24. The molecule has 2 unspecified atom stereocenters. The summed E-state index contributed by atoms with van der Waals surface area (Å²) in [6, 6.07) is 0.388. The van der Waals surface area contributed by atoms with E-state index in [1.807, 2.05) is 0 Å². The summed E-state index contributed by atoms with van der Waals surface area (Å²) in [6.45, 7) is 2.23. The fraction of sp³-hybridized carbons (Fsp3) is 0.455. The van der Waals surface area contributed by atoms with Gasteiger partial charge in [-0.25, -0.2) is 9.78 Å². The van der Waals surface area contributed by atoms with Gasteiger partial charge in [0, 0.05) is 18.8 Å². The van der Waals surface area contributed by atoms with Crippen LogP contribution in [0.1, 0.15) is 13.3 Å². The fourth-order valence-electron chi connectivity index (χ4n) is 2.34. The number of hydrogen-bond acceptors (Lipinski definition) is 5. The molecule has 7 nitrogen and oxygen atoms in total. The predicted octanol–water partition coefficient (Wildman–Crippen LogP) is 1.94. The summed E-state index contributed by atoms with van der Waals surface area (Å²) in [6.07, 6.45) is 1.93. The number of pyridine rings is 1. The lowest BCUT2D eigenvalue weighted by atomic mass is 10.0. The Morgan fingerprint density at radius 1 is 1.68 bits per heavy atom. The Labute approximate surface area is 114 Å². The molecule has 0 amide bonds. The van der Waals surface area contributed by atoms with Crippen LogP contribution in [0.3, 0.4) is 0 Å². The summed E-state index contributed by atoms with van der Waals surface area (Å²) in [5.41, 5.74) is -0.271. The molecule has 0 radical (unpaired) electrons. The summed E-state index contributed by atoms with van der Waals surface area (Å²) < 4.78 is 0. The van der Waals surface area contributed by atoms with Gasteiger partial charge in [0.1, 0.15) is 6.04 Å². The molecule has 2 atom stereocenters. The minimum Gasteiger partial charge on any atom is -0.480 e. The molecule has 1 aliphatic heterocycles. The van der Waals surface area contributed by atoms with Gasteiger partial charge >= 0.3 is 11.7 Å². The highest BCUT2D eigenvalue weighted by atomic mass is 35.5. The largest absolute Gasteiger partial charge is 0.480 e. The van der Waals surface area contributed by atoms with Gasteiger partial charge in [0.2, 0.25) is 5.82 Å². The van der Waals surface area contributed by atoms with Gasteiger partial charge in [-0.2, -0.15) is 0 Å². The molecule has 19 heavy (non-hydrogen) atoms. The van der Waals surface area contributed by atoms with Crippen LogP contribution in [0.15, 0.2) is 12.3 Å². The lowest BCUT2D eigenvalue weighted by Gasteiger charge is -2.23. The van der Waals surface area contributed by atoms with Crippen molar-refractivity contribution in [2.45, 2.75) is 19.4 Å². The van der Waals surface area contributed by atoms with Crippen molar-refractivity contribution in [2.24, 2.45) is 5.92 Å². The molecule has 1 N–H and O–H groups in total. The van der Waals surface area contributed by atoms with Gasteiger partial charge in [0.25, 0.3) is 0 Å². The molecule has 0 aromatic carbocycles. The number of halogens is 1.